The summed E-state index contributed by atoms with van der Waals surface area (Å²) in [6.07, 6.45) is -2.17. The van der Waals surface area contributed by atoms with Gasteiger partial charge in [0.05, 0.1) is 11.1 Å². The van der Waals surface area contributed by atoms with Crippen molar-refractivity contribution in [3.8, 4) is 0 Å². The Morgan fingerprint density at radius 2 is 1.54 bits per heavy atom. The van der Waals surface area contributed by atoms with Gasteiger partial charge in [-0.05, 0) is 24.3 Å². The smallest absolute Gasteiger partial charge is 0.338 e. The number of carbonyl (C=O) groups excluding carboxylic acids is 3. The van der Waals surface area contributed by atoms with Gasteiger partial charge in [0, 0.05) is 13.3 Å². The van der Waals surface area contributed by atoms with Crippen molar-refractivity contribution in [2.45, 2.75) is 31.3 Å². The number of carbonyl (C=O) groups is 3. The normalized spacial score (nSPS) is 23.8. The summed E-state index contributed by atoms with van der Waals surface area (Å²) in [6.45, 7) is 0.893. The topological polar surface area (TPSA) is 99.1 Å². The van der Waals surface area contributed by atoms with Crippen LogP contribution in [0.3, 0.4) is 0 Å². The molecule has 7 nitrogen and oxygen atoms in total. The van der Waals surface area contributed by atoms with Crippen molar-refractivity contribution in [3.63, 3.8) is 0 Å². The molecule has 146 valence electrons. The van der Waals surface area contributed by atoms with E-state index in [0.717, 1.165) is 0 Å². The molecular formula is C21H20O7. The molecule has 0 radical (unpaired) electrons. The lowest BCUT2D eigenvalue weighted by Crippen LogP contribution is -2.37. The Morgan fingerprint density at radius 3 is 2.07 bits per heavy atom. The lowest BCUT2D eigenvalue weighted by molar-refractivity contribution is -0.200. The summed E-state index contributed by atoms with van der Waals surface area (Å²) >= 11 is 0. The highest BCUT2D eigenvalue weighted by Gasteiger charge is 2.51. The minimum atomic E-state index is -2.09. The molecule has 0 amide bonds. The highest BCUT2D eigenvalue weighted by atomic mass is 16.7. The van der Waals surface area contributed by atoms with Crippen molar-refractivity contribution in [1.29, 1.82) is 0 Å². The van der Waals surface area contributed by atoms with Gasteiger partial charge in [-0.2, -0.15) is 0 Å². The van der Waals surface area contributed by atoms with Crippen molar-refractivity contribution in [2.24, 2.45) is 0 Å². The van der Waals surface area contributed by atoms with Crippen molar-refractivity contribution < 1.29 is 33.7 Å². The van der Waals surface area contributed by atoms with E-state index in [0.29, 0.717) is 11.1 Å². The van der Waals surface area contributed by atoms with Crippen molar-refractivity contribution in [3.05, 3.63) is 71.8 Å². The van der Waals surface area contributed by atoms with Gasteiger partial charge in [-0.1, -0.05) is 36.4 Å². The lowest BCUT2D eigenvalue weighted by atomic mass is 10.1. The molecule has 1 unspecified atom stereocenters. The van der Waals surface area contributed by atoms with Crippen LogP contribution in [0.2, 0.25) is 0 Å². The number of hydrogen-bond donors (Lipinski definition) is 1. The molecule has 1 saturated heterocycles. The first-order valence-electron chi connectivity index (χ1n) is 8.78. The number of Topliss-reactive ketones (excluding diaryl/α,β-unsaturated/α-hetero) is 1. The Hall–Kier alpha value is -3.03. The Labute approximate surface area is 161 Å². The van der Waals surface area contributed by atoms with Gasteiger partial charge in [-0.3, -0.25) is 4.79 Å². The van der Waals surface area contributed by atoms with E-state index in [2.05, 4.69) is 0 Å². The van der Waals surface area contributed by atoms with Crippen LogP contribution in [0, 0.1) is 0 Å². The number of hydrogen-bond acceptors (Lipinski definition) is 7. The number of rotatable bonds is 6. The molecule has 1 fully saturated rings. The van der Waals surface area contributed by atoms with Crippen LogP contribution in [0.25, 0.3) is 0 Å². The van der Waals surface area contributed by atoms with Gasteiger partial charge in [-0.25, -0.2) is 9.59 Å². The predicted molar refractivity (Wildman–Crippen MR) is 97.5 cm³/mol. The molecule has 28 heavy (non-hydrogen) atoms. The Bertz CT molecular complexity index is 850. The molecule has 0 saturated carbocycles. The maximum atomic E-state index is 12.3. The molecule has 7 heteroatoms. The monoisotopic (exact) mass is 384 g/mol. The second-order valence-electron chi connectivity index (χ2n) is 6.48. The summed E-state index contributed by atoms with van der Waals surface area (Å²) in [5, 5.41) is 10.4. The molecule has 1 aliphatic rings. The number of benzene rings is 2. The van der Waals surface area contributed by atoms with Crippen molar-refractivity contribution in [2.75, 3.05) is 6.61 Å². The summed E-state index contributed by atoms with van der Waals surface area (Å²) in [5.41, 5.74) is 0.668. The number of ether oxygens (including phenoxy) is 3. The van der Waals surface area contributed by atoms with Crippen LogP contribution in [-0.4, -0.2) is 47.4 Å². The zero-order chi connectivity index (χ0) is 20.1. The first-order valence-corrected chi connectivity index (χ1v) is 8.78. The molecule has 3 rings (SSSR count). The fraction of sp³-hybridized carbons (Fsp3) is 0.286. The first-order chi connectivity index (χ1) is 13.4. The van der Waals surface area contributed by atoms with Gasteiger partial charge < -0.3 is 19.3 Å². The molecule has 0 spiro atoms. The molecule has 2 aromatic rings. The molecule has 2 aromatic carbocycles. The van der Waals surface area contributed by atoms with Crippen LogP contribution in [0.4, 0.5) is 0 Å². The quantitative estimate of drug-likeness (QED) is 0.762. The van der Waals surface area contributed by atoms with Gasteiger partial charge in [0.2, 0.25) is 5.79 Å². The summed E-state index contributed by atoms with van der Waals surface area (Å²) < 4.78 is 16.0. The van der Waals surface area contributed by atoms with E-state index in [1.54, 1.807) is 60.7 Å². The van der Waals surface area contributed by atoms with Gasteiger partial charge in [-0.15, -0.1) is 0 Å². The van der Waals surface area contributed by atoms with Crippen LogP contribution >= 0.6 is 0 Å². The van der Waals surface area contributed by atoms with Crippen LogP contribution in [0.1, 0.15) is 34.1 Å². The number of esters is 2. The molecule has 3 atom stereocenters. The fourth-order valence-corrected chi connectivity index (χ4v) is 2.86. The maximum absolute atomic E-state index is 12.3. The van der Waals surface area contributed by atoms with Crippen molar-refractivity contribution in [1.82, 2.24) is 0 Å². The van der Waals surface area contributed by atoms with E-state index in [4.69, 9.17) is 14.2 Å². The molecule has 0 bridgehead atoms. The highest BCUT2D eigenvalue weighted by Crippen LogP contribution is 2.32. The zero-order valence-electron chi connectivity index (χ0n) is 15.2. The molecular weight excluding hydrogens is 364 g/mol. The summed E-state index contributed by atoms with van der Waals surface area (Å²) in [7, 11) is 0. The van der Waals surface area contributed by atoms with E-state index in [-0.39, 0.29) is 13.0 Å². The summed E-state index contributed by atoms with van der Waals surface area (Å²) in [4.78, 5) is 36.2. The predicted octanol–water partition coefficient (Wildman–Crippen LogP) is 2.14. The van der Waals surface area contributed by atoms with Gasteiger partial charge >= 0.3 is 11.9 Å². The second kappa shape index (κ2) is 8.33. The van der Waals surface area contributed by atoms with Crippen molar-refractivity contribution >= 4 is 17.7 Å². The van der Waals surface area contributed by atoms with E-state index >= 15 is 0 Å². The first kappa shape index (κ1) is 19.7. The van der Waals surface area contributed by atoms with Gasteiger partial charge in [0.1, 0.15) is 18.8 Å². The molecule has 0 aliphatic carbocycles. The van der Waals surface area contributed by atoms with Gasteiger partial charge in [0.25, 0.3) is 0 Å². The van der Waals surface area contributed by atoms with Crippen LogP contribution in [-0.2, 0) is 19.0 Å². The average Bonchev–Trinajstić information content (AvgIpc) is 3.04. The van der Waals surface area contributed by atoms with E-state index in [9.17, 15) is 19.5 Å². The standard InChI is InChI=1S/C21H20O7/c1-14(22)21(25)12-17(27-20(24)16-10-6-3-7-11-16)18(28-21)13-26-19(23)15-8-4-2-5-9-15/h2-11,17-18,25H,12-13H2,1H3/t17-,18+,21?/m0/s1. The van der Waals surface area contributed by atoms with E-state index in [1.807, 2.05) is 0 Å². The minimum absolute atomic E-state index is 0.242. The largest absolute Gasteiger partial charge is 0.459 e. The Morgan fingerprint density at radius 1 is 1.00 bits per heavy atom. The van der Waals surface area contributed by atoms with E-state index in [1.165, 1.54) is 6.92 Å². The summed E-state index contributed by atoms with van der Waals surface area (Å²) in [5.74, 6) is -3.92. The minimum Gasteiger partial charge on any atom is -0.459 e. The molecule has 1 heterocycles. The number of ketones is 1. The SMILES string of the molecule is CC(=O)C1(O)C[C@H](OC(=O)c2ccccc2)[C@@H](COC(=O)c2ccccc2)O1. The third-order valence-corrected chi connectivity index (χ3v) is 4.45. The second-order valence-corrected chi connectivity index (χ2v) is 6.48. The van der Waals surface area contributed by atoms with Crippen LogP contribution in [0.15, 0.2) is 60.7 Å². The molecule has 1 aliphatic heterocycles. The Balaban J connectivity index is 1.69. The molecule has 1 N–H and O–H groups in total. The third kappa shape index (κ3) is 4.44. The summed E-state index contributed by atoms with van der Waals surface area (Å²) in [6, 6.07) is 16.6. The van der Waals surface area contributed by atoms with Gasteiger partial charge in [0.15, 0.2) is 5.78 Å². The Kier molecular flexibility index (Phi) is 5.87. The highest BCUT2D eigenvalue weighted by molar-refractivity contribution is 5.90. The van der Waals surface area contributed by atoms with Crippen LogP contribution in [0.5, 0.6) is 0 Å². The molecule has 0 aromatic heterocycles. The van der Waals surface area contributed by atoms with Crippen LogP contribution < -0.4 is 0 Å². The average molecular weight is 384 g/mol. The zero-order valence-corrected chi connectivity index (χ0v) is 15.2. The lowest BCUT2D eigenvalue weighted by Gasteiger charge is -2.19. The van der Waals surface area contributed by atoms with E-state index < -0.39 is 35.7 Å². The fourth-order valence-electron chi connectivity index (χ4n) is 2.86. The maximum Gasteiger partial charge on any atom is 0.338 e. The number of aliphatic hydroxyl groups is 1. The third-order valence-electron chi connectivity index (χ3n) is 4.45.